The molecule has 0 heterocycles. The topological polar surface area (TPSA) is 0 Å². The van der Waals surface area contributed by atoms with E-state index < -0.39 is 0 Å². The summed E-state index contributed by atoms with van der Waals surface area (Å²) in [6.45, 7) is 9.52. The van der Waals surface area contributed by atoms with Crippen LogP contribution in [0.25, 0.3) is 55.3 Å². The molecule has 0 fully saturated rings. The fourth-order valence-corrected chi connectivity index (χ4v) is 8.31. The summed E-state index contributed by atoms with van der Waals surface area (Å²) >= 11 is 0. The lowest BCUT2D eigenvalue weighted by Crippen LogP contribution is -2.17. The molecule has 0 aromatic heterocycles. The molecule has 2 aliphatic carbocycles. The van der Waals surface area contributed by atoms with Crippen LogP contribution in [-0.4, -0.2) is 0 Å². The molecule has 0 unspecified atom stereocenters. The molecule has 7 aromatic carbocycles. The lowest BCUT2D eigenvalue weighted by Gasteiger charge is -2.24. The maximum absolute atomic E-state index is 3.68. The molecule has 0 heteroatoms. The van der Waals surface area contributed by atoms with Crippen molar-refractivity contribution >= 4 is 10.8 Å². The zero-order valence-electron chi connectivity index (χ0n) is 27.9. The standard InChI is InChI=1S/C48H36/c1-47(2)42-22-14-13-20-38(42)40-29-44-41(30-43(40)47)46-39-21-12-11-19-37(39)34(28-45(46)48(44,3)4)24-23-31-25-35(32-15-7-5-8-16-32)27-36(26-31)33-17-9-6-10-18-33/h5-22,25-30H,1-4H3. The minimum atomic E-state index is -0.157. The molecule has 0 radical (unpaired) electrons. The predicted octanol–water partition coefficient (Wildman–Crippen LogP) is 12.2. The van der Waals surface area contributed by atoms with E-state index in [1.165, 1.54) is 77.5 Å². The summed E-state index contributed by atoms with van der Waals surface area (Å²) < 4.78 is 0. The first-order valence-corrected chi connectivity index (χ1v) is 16.9. The van der Waals surface area contributed by atoms with Crippen molar-refractivity contribution in [3.05, 3.63) is 179 Å². The molecule has 0 spiro atoms. The van der Waals surface area contributed by atoms with Gasteiger partial charge in [0.25, 0.3) is 0 Å². The Morgan fingerprint density at radius 1 is 0.375 bits per heavy atom. The van der Waals surface area contributed by atoms with Gasteiger partial charge < -0.3 is 0 Å². The van der Waals surface area contributed by atoms with Gasteiger partial charge in [0.2, 0.25) is 0 Å². The lowest BCUT2D eigenvalue weighted by molar-refractivity contribution is 0.652. The van der Waals surface area contributed by atoms with Gasteiger partial charge in [-0.3, -0.25) is 0 Å². The Kier molecular flexibility index (Phi) is 6.21. The smallest absolute Gasteiger partial charge is 0.0331 e. The van der Waals surface area contributed by atoms with E-state index in [9.17, 15) is 0 Å². The van der Waals surface area contributed by atoms with Crippen LogP contribution in [0.2, 0.25) is 0 Å². The minimum Gasteiger partial charge on any atom is -0.0622 e. The van der Waals surface area contributed by atoms with Crippen molar-refractivity contribution in [2.75, 3.05) is 0 Å². The van der Waals surface area contributed by atoms with E-state index in [2.05, 4.69) is 185 Å². The molecule has 0 saturated carbocycles. The van der Waals surface area contributed by atoms with Crippen molar-refractivity contribution in [2.45, 2.75) is 38.5 Å². The van der Waals surface area contributed by atoms with Crippen molar-refractivity contribution in [2.24, 2.45) is 0 Å². The highest BCUT2D eigenvalue weighted by molar-refractivity contribution is 6.06. The maximum atomic E-state index is 3.68. The van der Waals surface area contributed by atoms with E-state index in [0.29, 0.717) is 0 Å². The van der Waals surface area contributed by atoms with Crippen molar-refractivity contribution < 1.29 is 0 Å². The molecule has 0 aliphatic heterocycles. The molecule has 0 bridgehead atoms. The summed E-state index contributed by atoms with van der Waals surface area (Å²) in [5.41, 5.74) is 17.7. The van der Waals surface area contributed by atoms with Crippen LogP contribution in [0.5, 0.6) is 0 Å². The highest BCUT2D eigenvalue weighted by Gasteiger charge is 2.42. The zero-order chi connectivity index (χ0) is 32.6. The van der Waals surface area contributed by atoms with E-state index in [1.807, 2.05) is 0 Å². The largest absolute Gasteiger partial charge is 0.0622 e. The van der Waals surface area contributed by atoms with Crippen LogP contribution in [0, 0.1) is 11.8 Å². The van der Waals surface area contributed by atoms with Gasteiger partial charge in [0, 0.05) is 22.0 Å². The van der Waals surface area contributed by atoms with Crippen LogP contribution in [0.1, 0.15) is 61.1 Å². The molecule has 0 saturated heterocycles. The second-order valence-corrected chi connectivity index (χ2v) is 14.4. The first-order valence-electron chi connectivity index (χ1n) is 16.9. The second kappa shape index (κ2) is 10.4. The molecule has 48 heavy (non-hydrogen) atoms. The van der Waals surface area contributed by atoms with Gasteiger partial charge >= 0.3 is 0 Å². The second-order valence-electron chi connectivity index (χ2n) is 14.4. The summed E-state index contributed by atoms with van der Waals surface area (Å²) in [6, 6.07) is 53.1. The fourth-order valence-electron chi connectivity index (χ4n) is 8.31. The van der Waals surface area contributed by atoms with Crippen LogP contribution >= 0.6 is 0 Å². The van der Waals surface area contributed by atoms with E-state index in [-0.39, 0.29) is 10.8 Å². The molecule has 0 nitrogen and oxygen atoms in total. The molecule has 228 valence electrons. The van der Waals surface area contributed by atoms with Crippen LogP contribution < -0.4 is 0 Å². The van der Waals surface area contributed by atoms with Gasteiger partial charge in [-0.25, -0.2) is 0 Å². The maximum Gasteiger partial charge on any atom is 0.0331 e. The van der Waals surface area contributed by atoms with Gasteiger partial charge in [-0.15, -0.1) is 0 Å². The van der Waals surface area contributed by atoms with Crippen molar-refractivity contribution in [3.63, 3.8) is 0 Å². The Bertz CT molecular complexity index is 2420. The molecule has 0 atom stereocenters. The van der Waals surface area contributed by atoms with Crippen molar-refractivity contribution in [1.82, 2.24) is 0 Å². The highest BCUT2D eigenvalue weighted by atomic mass is 14.4. The van der Waals surface area contributed by atoms with Gasteiger partial charge in [-0.2, -0.15) is 0 Å². The summed E-state index contributed by atoms with van der Waals surface area (Å²) in [5, 5.41) is 2.49. The minimum absolute atomic E-state index is 0.0397. The molecule has 0 amide bonds. The average molecular weight is 613 g/mol. The highest BCUT2D eigenvalue weighted by Crippen LogP contribution is 2.57. The lowest BCUT2D eigenvalue weighted by atomic mass is 9.79. The van der Waals surface area contributed by atoms with E-state index in [0.717, 1.165) is 11.1 Å². The van der Waals surface area contributed by atoms with Gasteiger partial charge in [-0.1, -0.05) is 149 Å². The van der Waals surface area contributed by atoms with Crippen LogP contribution in [0.3, 0.4) is 0 Å². The molecular weight excluding hydrogens is 577 g/mol. The zero-order valence-corrected chi connectivity index (χ0v) is 27.9. The number of fused-ring (bicyclic) bond motifs is 8. The summed E-state index contributed by atoms with van der Waals surface area (Å²) in [5.74, 6) is 7.30. The van der Waals surface area contributed by atoms with Crippen LogP contribution in [0.15, 0.2) is 146 Å². The van der Waals surface area contributed by atoms with E-state index in [1.54, 1.807) is 0 Å². The van der Waals surface area contributed by atoms with Crippen molar-refractivity contribution in [3.8, 4) is 56.3 Å². The van der Waals surface area contributed by atoms with Gasteiger partial charge in [-0.05, 0) is 114 Å². The van der Waals surface area contributed by atoms with Gasteiger partial charge in [0.1, 0.15) is 0 Å². The number of rotatable bonds is 2. The van der Waals surface area contributed by atoms with Gasteiger partial charge in [0.05, 0.1) is 0 Å². The Labute approximate surface area is 283 Å². The molecular formula is C48H36. The quantitative estimate of drug-likeness (QED) is 0.170. The first kappa shape index (κ1) is 28.6. The normalized spacial score (nSPS) is 14.4. The Balaban J connectivity index is 1.22. The Morgan fingerprint density at radius 2 is 0.917 bits per heavy atom. The SMILES string of the molecule is CC1(C)c2ccccc2-c2cc3c(cc21)-c1c(cc(C#Cc2cc(-c4ccccc4)cc(-c4ccccc4)c2)c2ccccc12)C3(C)C. The predicted molar refractivity (Wildman–Crippen MR) is 202 cm³/mol. The fraction of sp³-hybridized carbons (Fsp3) is 0.125. The van der Waals surface area contributed by atoms with Crippen LogP contribution in [0.4, 0.5) is 0 Å². The van der Waals surface area contributed by atoms with Crippen LogP contribution in [-0.2, 0) is 10.8 Å². The number of hydrogen-bond donors (Lipinski definition) is 0. The third-order valence-corrected chi connectivity index (χ3v) is 10.9. The third kappa shape index (κ3) is 4.25. The first-order chi connectivity index (χ1) is 23.3. The monoisotopic (exact) mass is 612 g/mol. The third-order valence-electron chi connectivity index (χ3n) is 10.9. The van der Waals surface area contributed by atoms with Crippen molar-refractivity contribution in [1.29, 1.82) is 0 Å². The molecule has 0 N–H and O–H groups in total. The summed E-state index contributed by atoms with van der Waals surface area (Å²) in [7, 11) is 0. The Hall–Kier alpha value is -5.64. The average Bonchev–Trinajstić information content (AvgIpc) is 3.49. The summed E-state index contributed by atoms with van der Waals surface area (Å²) in [6.07, 6.45) is 0. The van der Waals surface area contributed by atoms with E-state index >= 15 is 0 Å². The summed E-state index contributed by atoms with van der Waals surface area (Å²) in [4.78, 5) is 0. The molecule has 2 aliphatic rings. The molecule has 9 rings (SSSR count). The number of benzene rings is 7. The molecule has 7 aromatic rings. The Morgan fingerprint density at radius 3 is 1.60 bits per heavy atom. The number of hydrogen-bond acceptors (Lipinski definition) is 0. The van der Waals surface area contributed by atoms with E-state index in [4.69, 9.17) is 0 Å². The van der Waals surface area contributed by atoms with Gasteiger partial charge in [0.15, 0.2) is 0 Å².